The molecule has 0 saturated heterocycles. The van der Waals surface area contributed by atoms with Gasteiger partial charge < -0.3 is 15.7 Å². The van der Waals surface area contributed by atoms with Crippen molar-refractivity contribution in [3.63, 3.8) is 0 Å². The summed E-state index contributed by atoms with van der Waals surface area (Å²) in [6, 6.07) is 5.30. The Balaban J connectivity index is 2.95. The van der Waals surface area contributed by atoms with Crippen molar-refractivity contribution in [2.45, 2.75) is 33.1 Å². The van der Waals surface area contributed by atoms with Crippen LogP contribution in [0.4, 0.5) is 5.69 Å². The number of carbonyl (C=O) groups is 1. The molecular formula is C13H18N2O2S. The highest BCUT2D eigenvalue weighted by atomic mass is 32.1. The maximum atomic E-state index is 10.9. The van der Waals surface area contributed by atoms with Gasteiger partial charge in [-0.05, 0) is 35.3 Å². The Morgan fingerprint density at radius 1 is 1.33 bits per heavy atom. The summed E-state index contributed by atoms with van der Waals surface area (Å²) in [4.78, 5) is 10.9. The average Bonchev–Trinajstić information content (AvgIpc) is 2.18. The van der Waals surface area contributed by atoms with E-state index in [1.165, 1.54) is 6.92 Å². The minimum atomic E-state index is -0.251. The molecular weight excluding hydrogens is 248 g/mol. The van der Waals surface area contributed by atoms with Crippen LogP contribution < -0.4 is 10.6 Å². The number of aromatic hydroxyl groups is 1. The van der Waals surface area contributed by atoms with Crippen LogP contribution in [-0.2, 0) is 10.2 Å². The van der Waals surface area contributed by atoms with E-state index in [4.69, 9.17) is 12.2 Å². The molecule has 0 bridgehead atoms. The fourth-order valence-corrected chi connectivity index (χ4v) is 1.67. The summed E-state index contributed by atoms with van der Waals surface area (Å²) in [5, 5.41) is 15.2. The summed E-state index contributed by atoms with van der Waals surface area (Å²) in [5.41, 5.74) is 1.52. The number of rotatable bonds is 1. The quantitative estimate of drug-likeness (QED) is 0.540. The predicted molar refractivity (Wildman–Crippen MR) is 76.8 cm³/mol. The monoisotopic (exact) mass is 266 g/mol. The Kier molecular flexibility index (Phi) is 4.29. The average molecular weight is 266 g/mol. The van der Waals surface area contributed by atoms with Gasteiger partial charge in [0.15, 0.2) is 5.11 Å². The number of anilines is 1. The number of phenols is 1. The second-order valence-corrected chi connectivity index (χ2v) is 5.53. The van der Waals surface area contributed by atoms with Crippen LogP contribution in [0.3, 0.4) is 0 Å². The minimum Gasteiger partial charge on any atom is -0.506 e. The zero-order valence-electron chi connectivity index (χ0n) is 11.0. The molecule has 0 radical (unpaired) electrons. The lowest BCUT2D eigenvalue weighted by Gasteiger charge is -2.20. The molecule has 0 atom stereocenters. The zero-order chi connectivity index (χ0) is 13.9. The van der Waals surface area contributed by atoms with E-state index in [2.05, 4.69) is 31.4 Å². The lowest BCUT2D eigenvalue weighted by Crippen LogP contribution is -2.32. The van der Waals surface area contributed by atoms with Gasteiger partial charge in [0.25, 0.3) is 0 Å². The molecule has 4 nitrogen and oxygen atoms in total. The number of nitrogens with one attached hydrogen (secondary N) is 2. The maximum Gasteiger partial charge on any atom is 0.222 e. The van der Waals surface area contributed by atoms with Gasteiger partial charge in [0, 0.05) is 6.92 Å². The molecule has 0 heterocycles. The first kappa shape index (κ1) is 14.4. The lowest BCUT2D eigenvalue weighted by atomic mass is 9.87. The molecule has 18 heavy (non-hydrogen) atoms. The van der Waals surface area contributed by atoms with E-state index < -0.39 is 0 Å². The van der Waals surface area contributed by atoms with Crippen molar-refractivity contribution in [2.24, 2.45) is 0 Å². The fraction of sp³-hybridized carbons (Fsp3) is 0.385. The van der Waals surface area contributed by atoms with Crippen molar-refractivity contribution in [3.05, 3.63) is 23.8 Å². The van der Waals surface area contributed by atoms with Crippen molar-refractivity contribution in [3.8, 4) is 5.75 Å². The van der Waals surface area contributed by atoms with Crippen LogP contribution in [0.5, 0.6) is 5.75 Å². The van der Waals surface area contributed by atoms with E-state index in [9.17, 15) is 9.90 Å². The van der Waals surface area contributed by atoms with Crippen molar-refractivity contribution >= 4 is 28.9 Å². The Morgan fingerprint density at radius 3 is 2.44 bits per heavy atom. The third-order valence-electron chi connectivity index (χ3n) is 2.40. The van der Waals surface area contributed by atoms with E-state index in [1.807, 2.05) is 12.1 Å². The highest BCUT2D eigenvalue weighted by Crippen LogP contribution is 2.30. The highest BCUT2D eigenvalue weighted by molar-refractivity contribution is 7.80. The number of hydrogen-bond acceptors (Lipinski definition) is 3. The van der Waals surface area contributed by atoms with Crippen molar-refractivity contribution < 1.29 is 9.90 Å². The first-order valence-electron chi connectivity index (χ1n) is 5.62. The molecule has 0 fully saturated rings. The smallest absolute Gasteiger partial charge is 0.222 e. The molecule has 0 aliphatic heterocycles. The molecule has 1 amide bonds. The molecule has 1 rings (SSSR count). The van der Waals surface area contributed by atoms with Gasteiger partial charge in [0.2, 0.25) is 5.91 Å². The summed E-state index contributed by atoms with van der Waals surface area (Å²) in [6.07, 6.45) is 0. The number of thiocarbonyl (C=S) groups is 1. The molecule has 1 aromatic carbocycles. The summed E-state index contributed by atoms with van der Waals surface area (Å²) >= 11 is 4.95. The van der Waals surface area contributed by atoms with Gasteiger partial charge in [0.1, 0.15) is 5.75 Å². The van der Waals surface area contributed by atoms with Gasteiger partial charge in [0.05, 0.1) is 5.69 Å². The van der Waals surface area contributed by atoms with E-state index in [0.29, 0.717) is 5.69 Å². The van der Waals surface area contributed by atoms with Crippen LogP contribution in [0.15, 0.2) is 18.2 Å². The van der Waals surface area contributed by atoms with E-state index in [1.54, 1.807) is 6.07 Å². The van der Waals surface area contributed by atoms with Gasteiger partial charge in [-0.15, -0.1) is 0 Å². The molecule has 5 heteroatoms. The molecule has 0 spiro atoms. The van der Waals surface area contributed by atoms with Gasteiger partial charge >= 0.3 is 0 Å². The molecule has 0 aliphatic rings. The molecule has 3 N–H and O–H groups in total. The van der Waals surface area contributed by atoms with Gasteiger partial charge in [-0.2, -0.15) is 0 Å². The van der Waals surface area contributed by atoms with Gasteiger partial charge in [-0.3, -0.25) is 4.79 Å². The second-order valence-electron chi connectivity index (χ2n) is 5.12. The zero-order valence-corrected chi connectivity index (χ0v) is 11.8. The van der Waals surface area contributed by atoms with Crippen LogP contribution in [0.25, 0.3) is 0 Å². The molecule has 0 aliphatic carbocycles. The summed E-state index contributed by atoms with van der Waals surface area (Å²) in [5.74, 6) is -0.158. The van der Waals surface area contributed by atoms with Crippen molar-refractivity contribution in [1.82, 2.24) is 5.32 Å². The Morgan fingerprint density at radius 2 is 1.94 bits per heavy atom. The normalized spacial score (nSPS) is 10.9. The Hall–Kier alpha value is -1.62. The number of amides is 1. The first-order chi connectivity index (χ1) is 8.20. The number of hydrogen-bond donors (Lipinski definition) is 3. The number of benzene rings is 1. The third kappa shape index (κ3) is 4.00. The van der Waals surface area contributed by atoms with Crippen LogP contribution >= 0.6 is 12.2 Å². The molecule has 98 valence electrons. The molecule has 0 saturated carbocycles. The van der Waals surface area contributed by atoms with E-state index in [0.717, 1.165) is 5.56 Å². The number of carbonyl (C=O) groups excluding carboxylic acids is 1. The minimum absolute atomic E-state index is 0.0280. The molecule has 1 aromatic rings. The fourth-order valence-electron chi connectivity index (χ4n) is 1.42. The lowest BCUT2D eigenvalue weighted by molar-refractivity contribution is -0.117. The number of phenolic OH excluding ortho intramolecular Hbond substituents is 1. The maximum absolute atomic E-state index is 10.9. The van der Waals surface area contributed by atoms with Crippen molar-refractivity contribution in [2.75, 3.05) is 5.32 Å². The van der Waals surface area contributed by atoms with E-state index >= 15 is 0 Å². The van der Waals surface area contributed by atoms with E-state index in [-0.39, 0.29) is 22.2 Å². The second kappa shape index (κ2) is 5.35. The third-order valence-corrected chi connectivity index (χ3v) is 2.60. The Bertz CT molecular complexity index is 478. The summed E-state index contributed by atoms with van der Waals surface area (Å²) in [6.45, 7) is 7.61. The van der Waals surface area contributed by atoms with Crippen LogP contribution in [0.1, 0.15) is 33.3 Å². The summed E-state index contributed by atoms with van der Waals surface area (Å²) < 4.78 is 0. The standard InChI is InChI=1S/C13H18N2O2S/c1-8(16)14-12(18)15-10-7-9(13(2,3)4)5-6-11(10)17/h5-7,17H,1-4H3,(H2,14,15,16,18). The largest absolute Gasteiger partial charge is 0.506 e. The Labute approximate surface area is 112 Å². The molecule has 0 aromatic heterocycles. The SMILES string of the molecule is CC(=O)NC(=S)Nc1cc(C(C)(C)C)ccc1O. The van der Waals surface area contributed by atoms with Gasteiger partial charge in [-0.25, -0.2) is 0 Å². The van der Waals surface area contributed by atoms with Crippen molar-refractivity contribution in [1.29, 1.82) is 0 Å². The van der Waals surface area contributed by atoms with Crippen LogP contribution in [0.2, 0.25) is 0 Å². The first-order valence-corrected chi connectivity index (χ1v) is 6.03. The van der Waals surface area contributed by atoms with Crippen LogP contribution in [0, 0.1) is 0 Å². The topological polar surface area (TPSA) is 61.4 Å². The van der Waals surface area contributed by atoms with Gasteiger partial charge in [-0.1, -0.05) is 26.8 Å². The predicted octanol–water partition coefficient (Wildman–Crippen LogP) is 2.52. The summed E-state index contributed by atoms with van der Waals surface area (Å²) in [7, 11) is 0. The highest BCUT2D eigenvalue weighted by Gasteiger charge is 2.15. The molecule has 0 unspecified atom stereocenters. The van der Waals surface area contributed by atoms with Crippen LogP contribution in [-0.4, -0.2) is 16.1 Å².